The van der Waals surface area contributed by atoms with Gasteiger partial charge in [0.05, 0.1) is 6.04 Å². The van der Waals surface area contributed by atoms with Gasteiger partial charge in [0.15, 0.2) is 0 Å². The van der Waals surface area contributed by atoms with E-state index in [-0.39, 0.29) is 23.3 Å². The van der Waals surface area contributed by atoms with Crippen LogP contribution in [0.1, 0.15) is 24.1 Å². The number of aromatic nitrogens is 2. The number of rotatable bonds is 4. The Hall–Kier alpha value is -1.93. The number of hydrogen-bond donors (Lipinski definition) is 2. The molecular formula is C19H23ClN4O2S. The van der Waals surface area contributed by atoms with E-state index in [2.05, 4.69) is 34.3 Å². The van der Waals surface area contributed by atoms with Crippen LogP contribution in [0, 0.1) is 0 Å². The summed E-state index contributed by atoms with van der Waals surface area (Å²) in [6.07, 6.45) is 4.16. The maximum Gasteiger partial charge on any atom is 0.245 e. The number of fused-ring (bicyclic) bond motifs is 1. The summed E-state index contributed by atoms with van der Waals surface area (Å²) >= 11 is 0. The second kappa shape index (κ2) is 7.98. The van der Waals surface area contributed by atoms with Crippen molar-refractivity contribution in [2.75, 3.05) is 19.6 Å². The molecule has 8 heteroatoms. The minimum absolute atomic E-state index is 0. The van der Waals surface area contributed by atoms with Crippen LogP contribution in [0.25, 0.3) is 11.0 Å². The molecule has 1 unspecified atom stereocenters. The number of nitrogens with zero attached hydrogens (tertiary/aromatic N) is 2. The molecule has 1 saturated heterocycles. The number of piperazine rings is 1. The van der Waals surface area contributed by atoms with Crippen molar-refractivity contribution in [3.63, 3.8) is 0 Å². The van der Waals surface area contributed by atoms with Crippen LogP contribution in [-0.4, -0.2) is 42.3 Å². The molecule has 0 bridgehead atoms. The lowest BCUT2D eigenvalue weighted by atomic mass is 10.0. The molecule has 27 heavy (non-hydrogen) atoms. The standard InChI is InChI=1S/C19H22N4O2S.ClH/c1-2-14-5-7-15(8-6-14)17-12-20-10-11-23(17)26(24,25)18-13-22-19-16(18)4-3-9-21-19;/h3-9,13,17,20H,2,10-12H2,1H3,(H,21,22);1H. The van der Waals surface area contributed by atoms with Crippen molar-refractivity contribution in [3.05, 3.63) is 59.9 Å². The maximum atomic E-state index is 13.4. The molecular weight excluding hydrogens is 384 g/mol. The average Bonchev–Trinajstić information content (AvgIpc) is 3.13. The van der Waals surface area contributed by atoms with Gasteiger partial charge in [-0.2, -0.15) is 4.31 Å². The molecule has 1 atom stereocenters. The summed E-state index contributed by atoms with van der Waals surface area (Å²) in [5, 5.41) is 3.95. The lowest BCUT2D eigenvalue weighted by molar-refractivity contribution is 0.271. The Balaban J connectivity index is 0.00000210. The summed E-state index contributed by atoms with van der Waals surface area (Å²) in [4.78, 5) is 7.47. The van der Waals surface area contributed by atoms with Gasteiger partial charge in [-0.25, -0.2) is 13.4 Å². The number of aromatic amines is 1. The van der Waals surface area contributed by atoms with E-state index in [1.807, 2.05) is 12.1 Å². The molecule has 2 N–H and O–H groups in total. The Bertz CT molecular complexity index is 1020. The van der Waals surface area contributed by atoms with Crippen LogP contribution in [0.15, 0.2) is 53.7 Å². The van der Waals surface area contributed by atoms with Crippen LogP contribution in [0.5, 0.6) is 0 Å². The molecule has 4 rings (SSSR count). The quantitative estimate of drug-likeness (QED) is 0.698. The van der Waals surface area contributed by atoms with Crippen molar-refractivity contribution in [1.82, 2.24) is 19.6 Å². The Morgan fingerprint density at radius 2 is 2.00 bits per heavy atom. The number of benzene rings is 1. The van der Waals surface area contributed by atoms with Gasteiger partial charge in [-0.1, -0.05) is 31.2 Å². The molecule has 0 saturated carbocycles. The van der Waals surface area contributed by atoms with E-state index in [9.17, 15) is 8.42 Å². The van der Waals surface area contributed by atoms with E-state index >= 15 is 0 Å². The zero-order valence-corrected chi connectivity index (χ0v) is 16.7. The first-order valence-electron chi connectivity index (χ1n) is 8.85. The van der Waals surface area contributed by atoms with Crippen molar-refractivity contribution in [2.45, 2.75) is 24.3 Å². The fourth-order valence-corrected chi connectivity index (χ4v) is 5.27. The van der Waals surface area contributed by atoms with E-state index in [4.69, 9.17) is 0 Å². The van der Waals surface area contributed by atoms with Crippen LogP contribution >= 0.6 is 12.4 Å². The van der Waals surface area contributed by atoms with Crippen LogP contribution < -0.4 is 5.32 Å². The molecule has 1 aromatic carbocycles. The third kappa shape index (κ3) is 3.60. The number of hydrogen-bond acceptors (Lipinski definition) is 4. The minimum Gasteiger partial charge on any atom is -0.345 e. The van der Waals surface area contributed by atoms with E-state index < -0.39 is 10.0 Å². The van der Waals surface area contributed by atoms with Crippen LogP contribution in [0.2, 0.25) is 0 Å². The first kappa shape index (κ1) is 19.8. The van der Waals surface area contributed by atoms with Crippen LogP contribution in [0.4, 0.5) is 0 Å². The zero-order chi connectivity index (χ0) is 18.1. The molecule has 6 nitrogen and oxygen atoms in total. The lowest BCUT2D eigenvalue weighted by Gasteiger charge is -2.35. The smallest absolute Gasteiger partial charge is 0.245 e. The SMILES string of the molecule is CCc1ccc(C2CNCCN2S(=O)(=O)c2c[nH]c3ncccc23)cc1.Cl. The summed E-state index contributed by atoms with van der Waals surface area (Å²) < 4.78 is 28.5. The monoisotopic (exact) mass is 406 g/mol. The van der Waals surface area contributed by atoms with Gasteiger partial charge < -0.3 is 10.3 Å². The highest BCUT2D eigenvalue weighted by atomic mass is 35.5. The third-order valence-electron chi connectivity index (χ3n) is 4.97. The highest BCUT2D eigenvalue weighted by Gasteiger charge is 2.35. The Kier molecular flexibility index (Phi) is 5.86. The Labute approximate surface area is 165 Å². The summed E-state index contributed by atoms with van der Waals surface area (Å²) in [5.74, 6) is 0. The number of pyridine rings is 1. The van der Waals surface area contributed by atoms with E-state index in [0.717, 1.165) is 12.0 Å². The van der Waals surface area contributed by atoms with E-state index in [1.54, 1.807) is 28.8 Å². The molecule has 0 amide bonds. The van der Waals surface area contributed by atoms with Gasteiger partial charge in [0, 0.05) is 37.4 Å². The van der Waals surface area contributed by atoms with Gasteiger partial charge in [-0.3, -0.25) is 0 Å². The number of nitrogens with one attached hydrogen (secondary N) is 2. The summed E-state index contributed by atoms with van der Waals surface area (Å²) in [6.45, 7) is 3.79. The molecule has 1 fully saturated rings. The normalized spacial score (nSPS) is 18.3. The summed E-state index contributed by atoms with van der Waals surface area (Å²) in [5.41, 5.74) is 2.84. The molecule has 0 aliphatic carbocycles. The van der Waals surface area contributed by atoms with Crippen molar-refractivity contribution in [3.8, 4) is 0 Å². The van der Waals surface area contributed by atoms with Gasteiger partial charge in [-0.05, 0) is 29.7 Å². The van der Waals surface area contributed by atoms with Gasteiger partial charge >= 0.3 is 0 Å². The molecule has 3 heterocycles. The Morgan fingerprint density at radius 1 is 1.22 bits per heavy atom. The molecule has 2 aromatic heterocycles. The molecule has 144 valence electrons. The Morgan fingerprint density at radius 3 is 2.74 bits per heavy atom. The second-order valence-electron chi connectivity index (χ2n) is 6.48. The maximum absolute atomic E-state index is 13.4. The second-order valence-corrected chi connectivity index (χ2v) is 8.34. The highest BCUT2D eigenvalue weighted by Crippen LogP contribution is 2.32. The average molecular weight is 407 g/mol. The third-order valence-corrected chi connectivity index (χ3v) is 6.91. The molecule has 1 aliphatic heterocycles. The lowest BCUT2D eigenvalue weighted by Crippen LogP contribution is -2.48. The van der Waals surface area contributed by atoms with E-state index in [1.165, 1.54) is 5.56 Å². The largest absolute Gasteiger partial charge is 0.345 e. The summed E-state index contributed by atoms with van der Waals surface area (Å²) in [6, 6.07) is 11.5. The van der Waals surface area contributed by atoms with Crippen LogP contribution in [-0.2, 0) is 16.4 Å². The predicted molar refractivity (Wildman–Crippen MR) is 109 cm³/mol. The van der Waals surface area contributed by atoms with Crippen molar-refractivity contribution in [1.29, 1.82) is 0 Å². The topological polar surface area (TPSA) is 78.1 Å². The molecule has 1 aliphatic rings. The van der Waals surface area contributed by atoms with Gasteiger partial charge in [-0.15, -0.1) is 12.4 Å². The van der Waals surface area contributed by atoms with Gasteiger partial charge in [0.1, 0.15) is 10.5 Å². The zero-order valence-electron chi connectivity index (χ0n) is 15.1. The van der Waals surface area contributed by atoms with Crippen molar-refractivity contribution >= 4 is 33.5 Å². The predicted octanol–water partition coefficient (Wildman–Crippen LogP) is 2.88. The molecule has 0 spiro atoms. The first-order valence-corrected chi connectivity index (χ1v) is 10.3. The molecule has 3 aromatic rings. The van der Waals surface area contributed by atoms with Crippen LogP contribution in [0.3, 0.4) is 0 Å². The fourth-order valence-electron chi connectivity index (χ4n) is 3.50. The first-order chi connectivity index (χ1) is 12.6. The van der Waals surface area contributed by atoms with Gasteiger partial charge in [0.25, 0.3) is 0 Å². The molecule has 0 radical (unpaired) electrons. The minimum atomic E-state index is -3.64. The van der Waals surface area contributed by atoms with Gasteiger partial charge in [0.2, 0.25) is 10.0 Å². The van der Waals surface area contributed by atoms with E-state index in [0.29, 0.717) is 30.7 Å². The number of aryl methyl sites for hydroxylation is 1. The van der Waals surface area contributed by atoms with Crippen molar-refractivity contribution < 1.29 is 8.42 Å². The number of sulfonamides is 1. The highest BCUT2D eigenvalue weighted by molar-refractivity contribution is 7.89. The number of halogens is 1. The number of H-pyrrole nitrogens is 1. The summed E-state index contributed by atoms with van der Waals surface area (Å²) in [7, 11) is -3.64. The van der Waals surface area contributed by atoms with Crippen molar-refractivity contribution in [2.24, 2.45) is 0 Å². The fraction of sp³-hybridized carbons (Fsp3) is 0.316.